The van der Waals surface area contributed by atoms with Gasteiger partial charge in [0.15, 0.2) is 0 Å². The highest BCUT2D eigenvalue weighted by molar-refractivity contribution is 5.65. The molecule has 1 aromatic carbocycles. The summed E-state index contributed by atoms with van der Waals surface area (Å²) in [6, 6.07) is 10.3. The summed E-state index contributed by atoms with van der Waals surface area (Å²) >= 11 is 0. The Bertz CT molecular complexity index is 782. The van der Waals surface area contributed by atoms with E-state index in [1.807, 2.05) is 6.07 Å². The molecule has 1 aromatic heterocycles. The number of aliphatic hydroxyl groups excluding tert-OH is 5. The zero-order chi connectivity index (χ0) is 19.1. The molecule has 0 saturated heterocycles. The molecule has 7 N–H and O–H groups in total. The molecule has 0 aliphatic heterocycles. The molecule has 10 heteroatoms. The van der Waals surface area contributed by atoms with Gasteiger partial charge in [-0.1, -0.05) is 30.3 Å². The van der Waals surface area contributed by atoms with E-state index >= 15 is 0 Å². The lowest BCUT2D eigenvalue weighted by atomic mass is 10.0. The lowest BCUT2D eigenvalue weighted by Gasteiger charge is -2.23. The Morgan fingerprint density at radius 1 is 1.15 bits per heavy atom. The molecule has 0 fully saturated rings. The number of H-pyrrole nitrogens is 1. The van der Waals surface area contributed by atoms with Crippen LogP contribution in [-0.2, 0) is 0 Å². The number of nitrogens with one attached hydrogen (secondary N) is 2. The highest BCUT2D eigenvalue weighted by atomic mass is 16.4. The normalized spacial score (nSPS) is 16.2. The van der Waals surface area contributed by atoms with Crippen LogP contribution in [0.4, 0.5) is 5.95 Å². The molecule has 140 valence electrons. The van der Waals surface area contributed by atoms with Crippen molar-refractivity contribution in [2.75, 3.05) is 12.0 Å². The minimum absolute atomic E-state index is 0.00485. The van der Waals surface area contributed by atoms with Crippen LogP contribution in [0.15, 0.2) is 46.3 Å². The number of benzene rings is 1. The van der Waals surface area contributed by atoms with Crippen molar-refractivity contribution in [3.05, 3.63) is 46.8 Å². The second-order valence-corrected chi connectivity index (χ2v) is 5.46. The van der Waals surface area contributed by atoms with Crippen molar-refractivity contribution in [1.82, 2.24) is 9.97 Å². The number of hydrogen-bond acceptors (Lipinski definition) is 9. The molecule has 4 atom stereocenters. The topological polar surface area (TPSA) is 171 Å². The standard InChI is InChI=1S/C16H20N4O6/c21-8-12(23)15(26)14(25)11(22)7-17-20-16-18-10(6-13(24)19-16)9-4-2-1-3-5-9/h1-7,11-12,14-15,21-23,25-26H,8H2,(H2,18,19,20,24)/b17-7+/t11-,12+,14+,15+/m0/s1. The predicted molar refractivity (Wildman–Crippen MR) is 93.5 cm³/mol. The van der Waals surface area contributed by atoms with Crippen LogP contribution in [0.1, 0.15) is 0 Å². The van der Waals surface area contributed by atoms with E-state index in [0.717, 1.165) is 11.8 Å². The van der Waals surface area contributed by atoms with Gasteiger partial charge in [-0.25, -0.2) is 10.4 Å². The van der Waals surface area contributed by atoms with Gasteiger partial charge in [-0.15, -0.1) is 0 Å². The molecule has 2 aromatic rings. The van der Waals surface area contributed by atoms with Crippen LogP contribution in [-0.4, -0.2) is 72.7 Å². The van der Waals surface area contributed by atoms with Gasteiger partial charge in [0, 0.05) is 11.6 Å². The molecule has 10 nitrogen and oxygen atoms in total. The molecule has 0 saturated carbocycles. The predicted octanol–water partition coefficient (Wildman–Crippen LogP) is -1.73. The number of aromatic nitrogens is 2. The molecular weight excluding hydrogens is 344 g/mol. The zero-order valence-corrected chi connectivity index (χ0v) is 13.6. The average Bonchev–Trinajstić information content (AvgIpc) is 2.66. The Balaban J connectivity index is 2.06. The highest BCUT2D eigenvalue weighted by Gasteiger charge is 2.29. The summed E-state index contributed by atoms with van der Waals surface area (Å²) in [7, 11) is 0. The van der Waals surface area contributed by atoms with Crippen molar-refractivity contribution < 1.29 is 25.5 Å². The lowest BCUT2D eigenvalue weighted by molar-refractivity contribution is -0.0999. The van der Waals surface area contributed by atoms with Crippen LogP contribution in [0.5, 0.6) is 0 Å². The van der Waals surface area contributed by atoms with Crippen molar-refractivity contribution in [2.24, 2.45) is 5.10 Å². The molecule has 0 aliphatic carbocycles. The molecule has 0 aliphatic rings. The summed E-state index contributed by atoms with van der Waals surface area (Å²) in [5.41, 5.74) is 3.12. The van der Waals surface area contributed by atoms with Crippen molar-refractivity contribution >= 4 is 12.2 Å². The maximum atomic E-state index is 11.7. The van der Waals surface area contributed by atoms with Crippen LogP contribution in [0, 0.1) is 0 Å². The first-order chi connectivity index (χ1) is 12.4. The van der Waals surface area contributed by atoms with Gasteiger partial charge in [-0.2, -0.15) is 5.10 Å². The monoisotopic (exact) mass is 364 g/mol. The van der Waals surface area contributed by atoms with E-state index in [1.54, 1.807) is 24.3 Å². The van der Waals surface area contributed by atoms with E-state index in [1.165, 1.54) is 6.07 Å². The molecule has 0 unspecified atom stereocenters. The van der Waals surface area contributed by atoms with Gasteiger partial charge in [0.2, 0.25) is 5.95 Å². The summed E-state index contributed by atoms with van der Waals surface area (Å²) in [6.07, 6.45) is -5.93. The fraction of sp³-hybridized carbons (Fsp3) is 0.312. The number of hydrazone groups is 1. The third kappa shape index (κ3) is 5.18. The second kappa shape index (κ2) is 9.17. The summed E-state index contributed by atoms with van der Waals surface area (Å²) in [6.45, 7) is -0.780. The zero-order valence-electron chi connectivity index (χ0n) is 13.6. The molecule has 26 heavy (non-hydrogen) atoms. The van der Waals surface area contributed by atoms with E-state index in [-0.39, 0.29) is 5.95 Å². The van der Waals surface area contributed by atoms with E-state index < -0.39 is 36.6 Å². The maximum absolute atomic E-state index is 11.7. The van der Waals surface area contributed by atoms with Gasteiger partial charge in [0.1, 0.15) is 24.4 Å². The van der Waals surface area contributed by atoms with Gasteiger partial charge < -0.3 is 25.5 Å². The SMILES string of the molecule is O=c1cc(-c2ccccc2)nc(N/N=C/[C@H](O)[C@@H](O)[C@H](O)[C@H](O)CO)[nH]1. The van der Waals surface area contributed by atoms with Gasteiger partial charge >= 0.3 is 0 Å². The summed E-state index contributed by atoms with van der Waals surface area (Å²) in [5, 5.41) is 50.5. The van der Waals surface area contributed by atoms with E-state index in [0.29, 0.717) is 5.69 Å². The molecular formula is C16H20N4O6. The minimum Gasteiger partial charge on any atom is -0.394 e. The van der Waals surface area contributed by atoms with Crippen LogP contribution < -0.4 is 11.0 Å². The summed E-state index contributed by atoms with van der Waals surface area (Å²) in [4.78, 5) is 18.3. The molecule has 0 amide bonds. The largest absolute Gasteiger partial charge is 0.394 e. The van der Waals surface area contributed by atoms with Gasteiger partial charge in [0.25, 0.3) is 5.56 Å². The van der Waals surface area contributed by atoms with Gasteiger partial charge in [0.05, 0.1) is 18.5 Å². The highest BCUT2D eigenvalue weighted by Crippen LogP contribution is 2.15. The van der Waals surface area contributed by atoms with Gasteiger partial charge in [-0.3, -0.25) is 9.78 Å². The summed E-state index contributed by atoms with van der Waals surface area (Å²) < 4.78 is 0. The Morgan fingerprint density at radius 3 is 2.50 bits per heavy atom. The van der Waals surface area contributed by atoms with Crippen LogP contribution in [0.3, 0.4) is 0 Å². The fourth-order valence-corrected chi connectivity index (χ4v) is 2.07. The summed E-state index contributed by atoms with van der Waals surface area (Å²) in [5.74, 6) is 0.00485. The minimum atomic E-state index is -1.77. The van der Waals surface area contributed by atoms with E-state index in [2.05, 4.69) is 20.5 Å². The number of aromatic amines is 1. The first-order valence-electron chi connectivity index (χ1n) is 7.71. The van der Waals surface area contributed by atoms with E-state index in [4.69, 9.17) is 5.11 Å². The second-order valence-electron chi connectivity index (χ2n) is 5.46. The number of rotatable bonds is 8. The van der Waals surface area contributed by atoms with Crippen molar-refractivity contribution in [1.29, 1.82) is 0 Å². The van der Waals surface area contributed by atoms with Crippen molar-refractivity contribution in [2.45, 2.75) is 24.4 Å². The molecule has 0 spiro atoms. The van der Waals surface area contributed by atoms with Crippen LogP contribution >= 0.6 is 0 Å². The smallest absolute Gasteiger partial charge is 0.252 e. The third-order valence-electron chi connectivity index (χ3n) is 3.49. The molecule has 1 heterocycles. The van der Waals surface area contributed by atoms with Crippen LogP contribution in [0.2, 0.25) is 0 Å². The Labute approximate surface area is 148 Å². The first kappa shape index (κ1) is 19.7. The quantitative estimate of drug-likeness (QED) is 0.214. The number of anilines is 1. The Hall–Kier alpha value is -2.63. The van der Waals surface area contributed by atoms with Crippen molar-refractivity contribution in [3.63, 3.8) is 0 Å². The number of nitrogens with zero attached hydrogens (tertiary/aromatic N) is 2. The lowest BCUT2D eigenvalue weighted by Crippen LogP contribution is -2.46. The third-order valence-corrected chi connectivity index (χ3v) is 3.49. The number of aliphatic hydroxyl groups is 5. The van der Waals surface area contributed by atoms with Gasteiger partial charge in [-0.05, 0) is 0 Å². The number of hydrogen-bond donors (Lipinski definition) is 7. The fourth-order valence-electron chi connectivity index (χ4n) is 2.07. The molecule has 0 bridgehead atoms. The Morgan fingerprint density at radius 2 is 1.85 bits per heavy atom. The molecule has 0 radical (unpaired) electrons. The van der Waals surface area contributed by atoms with Crippen molar-refractivity contribution in [3.8, 4) is 11.3 Å². The average molecular weight is 364 g/mol. The maximum Gasteiger partial charge on any atom is 0.252 e. The van der Waals surface area contributed by atoms with Crippen LogP contribution in [0.25, 0.3) is 11.3 Å². The first-order valence-corrected chi connectivity index (χ1v) is 7.71. The van der Waals surface area contributed by atoms with E-state index in [9.17, 15) is 25.2 Å². The molecule has 2 rings (SSSR count). The Kier molecular flexibility index (Phi) is 6.95.